The Morgan fingerprint density at radius 3 is 2.55 bits per heavy atom. The number of benzene rings is 1. The van der Waals surface area contributed by atoms with Crippen LogP contribution in [0.25, 0.3) is 0 Å². The maximum Gasteiger partial charge on any atom is 0.411 e. The van der Waals surface area contributed by atoms with Gasteiger partial charge in [0.1, 0.15) is 12.4 Å². The number of alkyl halides is 3. The van der Waals surface area contributed by atoms with Crippen LogP contribution in [0.15, 0.2) is 24.3 Å². The number of rotatable bonds is 8. The Morgan fingerprint density at radius 2 is 1.95 bits per heavy atom. The molecule has 0 radical (unpaired) electrons. The van der Waals surface area contributed by atoms with Crippen LogP contribution in [0.5, 0.6) is 5.75 Å². The topological polar surface area (TPSA) is 44.5 Å². The molecule has 3 nitrogen and oxygen atoms in total. The Hall–Kier alpha value is -1.27. The summed E-state index contributed by atoms with van der Waals surface area (Å²) in [5.41, 5.74) is 6.66. The summed E-state index contributed by atoms with van der Waals surface area (Å²) in [6.07, 6.45) is -3.12. The molecule has 114 valence electrons. The van der Waals surface area contributed by atoms with Crippen molar-refractivity contribution in [3.05, 3.63) is 29.8 Å². The quantitative estimate of drug-likeness (QED) is 0.749. The van der Waals surface area contributed by atoms with Crippen LogP contribution < -0.4 is 10.5 Å². The van der Waals surface area contributed by atoms with Crippen LogP contribution in [0.4, 0.5) is 13.2 Å². The molecule has 0 aliphatic carbocycles. The predicted molar refractivity (Wildman–Crippen MR) is 70.7 cm³/mol. The van der Waals surface area contributed by atoms with Crippen molar-refractivity contribution in [1.29, 1.82) is 0 Å². The van der Waals surface area contributed by atoms with Crippen molar-refractivity contribution in [1.82, 2.24) is 0 Å². The summed E-state index contributed by atoms with van der Waals surface area (Å²) < 4.78 is 45.7. The Labute approximate surface area is 116 Å². The van der Waals surface area contributed by atoms with E-state index in [-0.39, 0.29) is 12.5 Å². The SMILES string of the molecule is COc1ccccc1CC(CN)CCOCC(F)(F)F. The Bertz CT molecular complexity index is 396. The molecular formula is C14H20F3NO2. The first-order chi connectivity index (χ1) is 9.46. The second-order valence-corrected chi connectivity index (χ2v) is 4.57. The van der Waals surface area contributed by atoms with Gasteiger partial charge in [-0.2, -0.15) is 13.2 Å². The van der Waals surface area contributed by atoms with Gasteiger partial charge in [-0.1, -0.05) is 18.2 Å². The van der Waals surface area contributed by atoms with Gasteiger partial charge in [0.2, 0.25) is 0 Å². The van der Waals surface area contributed by atoms with Gasteiger partial charge < -0.3 is 15.2 Å². The van der Waals surface area contributed by atoms with Crippen molar-refractivity contribution in [2.24, 2.45) is 11.7 Å². The number of hydrogen-bond acceptors (Lipinski definition) is 3. The molecule has 1 rings (SSSR count). The molecule has 1 atom stereocenters. The molecule has 2 N–H and O–H groups in total. The molecule has 0 heterocycles. The summed E-state index contributed by atoms with van der Waals surface area (Å²) in [4.78, 5) is 0. The molecule has 0 spiro atoms. The van der Waals surface area contributed by atoms with Crippen molar-refractivity contribution in [3.63, 3.8) is 0 Å². The van der Waals surface area contributed by atoms with E-state index in [1.165, 1.54) is 0 Å². The number of ether oxygens (including phenoxy) is 2. The van der Waals surface area contributed by atoms with Gasteiger partial charge in [0, 0.05) is 6.61 Å². The van der Waals surface area contributed by atoms with Crippen LogP contribution in [0, 0.1) is 5.92 Å². The summed E-state index contributed by atoms with van der Waals surface area (Å²) in [5.74, 6) is 0.835. The Morgan fingerprint density at radius 1 is 1.25 bits per heavy atom. The minimum atomic E-state index is -4.28. The fourth-order valence-corrected chi connectivity index (χ4v) is 1.92. The molecule has 0 saturated heterocycles. The number of halogens is 3. The van der Waals surface area contributed by atoms with Gasteiger partial charge in [0.25, 0.3) is 0 Å². The predicted octanol–water partition coefficient (Wildman–Crippen LogP) is 2.78. The minimum absolute atomic E-state index is 0.0521. The zero-order valence-electron chi connectivity index (χ0n) is 11.5. The molecule has 0 aromatic heterocycles. The lowest BCUT2D eigenvalue weighted by molar-refractivity contribution is -0.174. The lowest BCUT2D eigenvalue weighted by Gasteiger charge is -2.17. The number of nitrogens with two attached hydrogens (primary N) is 1. The van der Waals surface area contributed by atoms with Crippen LogP contribution >= 0.6 is 0 Å². The van der Waals surface area contributed by atoms with Crippen molar-refractivity contribution in [2.45, 2.75) is 19.0 Å². The van der Waals surface area contributed by atoms with Gasteiger partial charge in [-0.3, -0.25) is 0 Å². The first kappa shape index (κ1) is 16.8. The van der Waals surface area contributed by atoms with E-state index in [2.05, 4.69) is 4.74 Å². The second kappa shape index (κ2) is 8.11. The molecule has 1 aromatic carbocycles. The average molecular weight is 291 g/mol. The third-order valence-corrected chi connectivity index (χ3v) is 2.97. The molecule has 1 unspecified atom stereocenters. The van der Waals surface area contributed by atoms with E-state index in [1.54, 1.807) is 7.11 Å². The highest BCUT2D eigenvalue weighted by molar-refractivity contribution is 5.33. The van der Waals surface area contributed by atoms with Crippen LogP contribution in [0.1, 0.15) is 12.0 Å². The number of hydrogen-bond donors (Lipinski definition) is 1. The van der Waals surface area contributed by atoms with E-state index in [0.29, 0.717) is 19.4 Å². The zero-order valence-corrected chi connectivity index (χ0v) is 11.5. The van der Waals surface area contributed by atoms with E-state index in [4.69, 9.17) is 10.5 Å². The first-order valence-electron chi connectivity index (χ1n) is 6.42. The van der Waals surface area contributed by atoms with Gasteiger partial charge >= 0.3 is 6.18 Å². The van der Waals surface area contributed by atoms with Gasteiger partial charge in [-0.05, 0) is 36.9 Å². The summed E-state index contributed by atoms with van der Waals surface area (Å²) >= 11 is 0. The molecule has 0 amide bonds. The van der Waals surface area contributed by atoms with E-state index >= 15 is 0 Å². The van der Waals surface area contributed by atoms with E-state index in [0.717, 1.165) is 11.3 Å². The zero-order chi connectivity index (χ0) is 15.0. The highest BCUT2D eigenvalue weighted by Crippen LogP contribution is 2.22. The monoisotopic (exact) mass is 291 g/mol. The van der Waals surface area contributed by atoms with Crippen molar-refractivity contribution in [2.75, 3.05) is 26.9 Å². The van der Waals surface area contributed by atoms with Crippen molar-refractivity contribution >= 4 is 0 Å². The highest BCUT2D eigenvalue weighted by Gasteiger charge is 2.27. The summed E-state index contributed by atoms with van der Waals surface area (Å²) in [6, 6.07) is 7.54. The molecule has 6 heteroatoms. The molecule has 0 bridgehead atoms. The summed E-state index contributed by atoms with van der Waals surface area (Å²) in [7, 11) is 1.59. The number of methoxy groups -OCH3 is 1. The fourth-order valence-electron chi connectivity index (χ4n) is 1.92. The summed E-state index contributed by atoms with van der Waals surface area (Å²) in [5, 5.41) is 0. The van der Waals surface area contributed by atoms with Crippen molar-refractivity contribution < 1.29 is 22.6 Å². The van der Waals surface area contributed by atoms with E-state index < -0.39 is 12.8 Å². The molecule has 0 saturated carbocycles. The van der Waals surface area contributed by atoms with Gasteiger partial charge in [0.15, 0.2) is 0 Å². The normalized spacial score (nSPS) is 13.2. The maximum atomic E-state index is 11.9. The fraction of sp³-hybridized carbons (Fsp3) is 0.571. The second-order valence-electron chi connectivity index (χ2n) is 4.57. The lowest BCUT2D eigenvalue weighted by atomic mass is 9.96. The molecule has 0 aliphatic heterocycles. The molecule has 20 heavy (non-hydrogen) atoms. The van der Waals surface area contributed by atoms with Crippen molar-refractivity contribution in [3.8, 4) is 5.75 Å². The maximum absolute atomic E-state index is 11.9. The van der Waals surface area contributed by atoms with E-state index in [1.807, 2.05) is 24.3 Å². The lowest BCUT2D eigenvalue weighted by Crippen LogP contribution is -2.22. The Kier molecular flexibility index (Phi) is 6.81. The van der Waals surface area contributed by atoms with Crippen LogP contribution in [-0.4, -0.2) is 33.0 Å². The first-order valence-corrected chi connectivity index (χ1v) is 6.42. The summed E-state index contributed by atoms with van der Waals surface area (Å²) in [6.45, 7) is -0.761. The minimum Gasteiger partial charge on any atom is -0.496 e. The average Bonchev–Trinajstić information content (AvgIpc) is 2.41. The van der Waals surface area contributed by atoms with Crippen LogP contribution in [-0.2, 0) is 11.2 Å². The molecule has 0 aliphatic rings. The van der Waals surface area contributed by atoms with Crippen LogP contribution in [0.3, 0.4) is 0 Å². The standard InChI is InChI=1S/C14H20F3NO2/c1-19-13-5-3-2-4-12(13)8-11(9-18)6-7-20-10-14(15,16)17/h2-5,11H,6-10,18H2,1H3. The smallest absolute Gasteiger partial charge is 0.411 e. The molecular weight excluding hydrogens is 271 g/mol. The number of para-hydroxylation sites is 1. The molecule has 0 fully saturated rings. The van der Waals surface area contributed by atoms with Crippen LogP contribution in [0.2, 0.25) is 0 Å². The van der Waals surface area contributed by atoms with Gasteiger partial charge in [-0.25, -0.2) is 0 Å². The molecule has 1 aromatic rings. The van der Waals surface area contributed by atoms with Gasteiger partial charge in [-0.15, -0.1) is 0 Å². The van der Waals surface area contributed by atoms with E-state index in [9.17, 15) is 13.2 Å². The largest absolute Gasteiger partial charge is 0.496 e. The van der Waals surface area contributed by atoms with Gasteiger partial charge in [0.05, 0.1) is 7.11 Å². The highest BCUT2D eigenvalue weighted by atomic mass is 19.4. The third-order valence-electron chi connectivity index (χ3n) is 2.97. The Balaban J connectivity index is 2.43. The third kappa shape index (κ3) is 6.25.